The van der Waals surface area contributed by atoms with Crippen molar-refractivity contribution in [2.24, 2.45) is 0 Å². The standard InChI is InChI=1S/C16H21N3OS/c1-2-7-13(8-3-1)17-11-6-10-15-18-16(19-20-15)14-9-4-5-12-21-14/h1-3,7-8,14,17H,4-6,9-12H2. The Kier molecular flexibility index (Phi) is 5.16. The molecule has 1 aromatic carbocycles. The zero-order valence-electron chi connectivity index (χ0n) is 12.1. The van der Waals surface area contributed by atoms with E-state index in [1.165, 1.54) is 25.0 Å². The van der Waals surface area contributed by atoms with E-state index in [1.807, 2.05) is 30.0 Å². The molecule has 0 aliphatic carbocycles. The summed E-state index contributed by atoms with van der Waals surface area (Å²) >= 11 is 1.96. The minimum Gasteiger partial charge on any atom is -0.385 e. The molecule has 1 atom stereocenters. The van der Waals surface area contributed by atoms with Gasteiger partial charge < -0.3 is 9.84 Å². The molecule has 5 heteroatoms. The van der Waals surface area contributed by atoms with Crippen LogP contribution in [0, 0.1) is 0 Å². The Morgan fingerprint density at radius 1 is 1.24 bits per heavy atom. The highest BCUT2D eigenvalue weighted by atomic mass is 32.2. The number of benzene rings is 1. The highest BCUT2D eigenvalue weighted by Crippen LogP contribution is 2.36. The predicted octanol–water partition coefficient (Wildman–Crippen LogP) is 4.07. The fraction of sp³-hybridized carbons (Fsp3) is 0.500. The smallest absolute Gasteiger partial charge is 0.226 e. The molecule has 2 heterocycles. The Hall–Kier alpha value is -1.49. The summed E-state index contributed by atoms with van der Waals surface area (Å²) in [5.74, 6) is 2.88. The van der Waals surface area contributed by atoms with Gasteiger partial charge in [0.15, 0.2) is 5.82 Å². The van der Waals surface area contributed by atoms with Gasteiger partial charge in [0.25, 0.3) is 0 Å². The Morgan fingerprint density at radius 2 is 2.14 bits per heavy atom. The van der Waals surface area contributed by atoms with Gasteiger partial charge in [0.1, 0.15) is 0 Å². The second-order valence-electron chi connectivity index (χ2n) is 5.30. The lowest BCUT2D eigenvalue weighted by Crippen LogP contribution is -2.04. The van der Waals surface area contributed by atoms with Crippen LogP contribution < -0.4 is 5.32 Å². The topological polar surface area (TPSA) is 51.0 Å². The number of nitrogens with one attached hydrogen (secondary N) is 1. The van der Waals surface area contributed by atoms with Crippen molar-refractivity contribution in [3.05, 3.63) is 42.0 Å². The number of nitrogens with zero attached hydrogens (tertiary/aromatic N) is 2. The zero-order chi connectivity index (χ0) is 14.3. The van der Waals surface area contributed by atoms with E-state index < -0.39 is 0 Å². The molecular weight excluding hydrogens is 282 g/mol. The third-order valence-electron chi connectivity index (χ3n) is 3.62. The van der Waals surface area contributed by atoms with E-state index >= 15 is 0 Å². The summed E-state index contributed by atoms with van der Waals surface area (Å²) < 4.78 is 5.37. The average molecular weight is 303 g/mol. The molecule has 0 spiro atoms. The second-order valence-corrected chi connectivity index (χ2v) is 6.61. The van der Waals surface area contributed by atoms with Crippen molar-refractivity contribution in [1.29, 1.82) is 0 Å². The number of hydrogen-bond acceptors (Lipinski definition) is 5. The van der Waals surface area contributed by atoms with Crippen LogP contribution in [0.2, 0.25) is 0 Å². The van der Waals surface area contributed by atoms with Crippen LogP contribution in [0.1, 0.15) is 42.6 Å². The van der Waals surface area contributed by atoms with E-state index in [0.29, 0.717) is 5.25 Å². The van der Waals surface area contributed by atoms with Gasteiger partial charge in [0.05, 0.1) is 5.25 Å². The van der Waals surface area contributed by atoms with Crippen LogP contribution in [0.4, 0.5) is 5.69 Å². The monoisotopic (exact) mass is 303 g/mol. The normalized spacial score (nSPS) is 18.6. The first-order chi connectivity index (χ1) is 10.4. The van der Waals surface area contributed by atoms with E-state index in [4.69, 9.17) is 4.52 Å². The Morgan fingerprint density at radius 3 is 2.95 bits per heavy atom. The molecule has 1 aliphatic rings. The molecule has 1 N–H and O–H groups in total. The van der Waals surface area contributed by atoms with Gasteiger partial charge in [-0.15, -0.1) is 0 Å². The summed E-state index contributed by atoms with van der Waals surface area (Å²) in [5, 5.41) is 7.98. The lowest BCUT2D eigenvalue weighted by molar-refractivity contribution is 0.370. The number of para-hydroxylation sites is 1. The first-order valence-corrected chi connectivity index (χ1v) is 8.70. The predicted molar refractivity (Wildman–Crippen MR) is 86.6 cm³/mol. The Bertz CT molecular complexity index is 537. The first-order valence-electron chi connectivity index (χ1n) is 7.65. The van der Waals surface area contributed by atoms with Crippen LogP contribution >= 0.6 is 11.8 Å². The van der Waals surface area contributed by atoms with Crippen molar-refractivity contribution in [3.63, 3.8) is 0 Å². The maximum atomic E-state index is 5.37. The van der Waals surface area contributed by atoms with Crippen LogP contribution in [-0.4, -0.2) is 22.4 Å². The van der Waals surface area contributed by atoms with Crippen LogP contribution in [0.3, 0.4) is 0 Å². The summed E-state index contributed by atoms with van der Waals surface area (Å²) in [5.41, 5.74) is 1.15. The van der Waals surface area contributed by atoms with Gasteiger partial charge in [0, 0.05) is 18.7 Å². The SMILES string of the molecule is c1ccc(NCCCc2nc(C3CCCCS3)no2)cc1. The number of aryl methyl sites for hydroxylation is 1. The molecule has 4 nitrogen and oxygen atoms in total. The van der Waals surface area contributed by atoms with Gasteiger partial charge in [-0.25, -0.2) is 0 Å². The summed E-state index contributed by atoms with van der Waals surface area (Å²) in [6, 6.07) is 10.2. The fourth-order valence-corrected chi connectivity index (χ4v) is 3.71. The molecule has 1 unspecified atom stereocenters. The van der Waals surface area contributed by atoms with Gasteiger partial charge >= 0.3 is 0 Å². The molecule has 1 fully saturated rings. The average Bonchev–Trinajstić information content (AvgIpc) is 3.02. The van der Waals surface area contributed by atoms with Crippen LogP contribution in [-0.2, 0) is 6.42 Å². The van der Waals surface area contributed by atoms with Crippen molar-refractivity contribution in [2.45, 2.75) is 37.4 Å². The van der Waals surface area contributed by atoms with Crippen LogP contribution in [0.5, 0.6) is 0 Å². The van der Waals surface area contributed by atoms with Gasteiger partial charge in [-0.3, -0.25) is 0 Å². The molecule has 0 radical (unpaired) electrons. The molecule has 0 amide bonds. The van der Waals surface area contributed by atoms with Crippen molar-refractivity contribution in [2.75, 3.05) is 17.6 Å². The van der Waals surface area contributed by atoms with Gasteiger partial charge in [-0.1, -0.05) is 29.8 Å². The molecule has 0 saturated carbocycles. The highest BCUT2D eigenvalue weighted by molar-refractivity contribution is 7.99. The van der Waals surface area contributed by atoms with Crippen LogP contribution in [0.25, 0.3) is 0 Å². The lowest BCUT2D eigenvalue weighted by atomic mass is 10.2. The number of hydrogen-bond donors (Lipinski definition) is 1. The molecule has 2 aromatic rings. The fourth-order valence-electron chi connectivity index (χ4n) is 2.47. The molecular formula is C16H21N3OS. The Balaban J connectivity index is 1.42. The van der Waals surface area contributed by atoms with E-state index in [0.717, 1.165) is 36.8 Å². The summed E-state index contributed by atoms with van der Waals surface area (Å²) in [6.45, 7) is 0.917. The third kappa shape index (κ3) is 4.24. The first kappa shape index (κ1) is 14.4. The van der Waals surface area contributed by atoms with Crippen LogP contribution in [0.15, 0.2) is 34.9 Å². The zero-order valence-corrected chi connectivity index (χ0v) is 12.9. The number of rotatable bonds is 6. The maximum absolute atomic E-state index is 5.37. The van der Waals surface area contributed by atoms with Gasteiger partial charge in [-0.05, 0) is 37.1 Å². The summed E-state index contributed by atoms with van der Waals surface area (Å²) in [6.07, 6.45) is 5.61. The number of anilines is 1. The molecule has 1 aliphatic heterocycles. The van der Waals surface area contributed by atoms with E-state index in [1.54, 1.807) is 0 Å². The van der Waals surface area contributed by atoms with Crippen molar-refractivity contribution < 1.29 is 4.52 Å². The van der Waals surface area contributed by atoms with Gasteiger partial charge in [-0.2, -0.15) is 16.7 Å². The van der Waals surface area contributed by atoms with E-state index in [9.17, 15) is 0 Å². The lowest BCUT2D eigenvalue weighted by Gasteiger charge is -2.17. The molecule has 1 saturated heterocycles. The van der Waals surface area contributed by atoms with E-state index in [-0.39, 0.29) is 0 Å². The minimum absolute atomic E-state index is 0.443. The highest BCUT2D eigenvalue weighted by Gasteiger charge is 2.21. The molecule has 0 bridgehead atoms. The van der Waals surface area contributed by atoms with Crippen molar-refractivity contribution >= 4 is 17.4 Å². The quantitative estimate of drug-likeness (QED) is 0.815. The molecule has 112 valence electrons. The van der Waals surface area contributed by atoms with Crippen molar-refractivity contribution in [3.8, 4) is 0 Å². The molecule has 1 aromatic heterocycles. The number of thioether (sulfide) groups is 1. The Labute approximate surface area is 129 Å². The van der Waals surface area contributed by atoms with Gasteiger partial charge in [0.2, 0.25) is 5.89 Å². The maximum Gasteiger partial charge on any atom is 0.226 e. The summed E-state index contributed by atoms with van der Waals surface area (Å²) in [4.78, 5) is 4.55. The molecule has 21 heavy (non-hydrogen) atoms. The largest absolute Gasteiger partial charge is 0.385 e. The van der Waals surface area contributed by atoms with E-state index in [2.05, 4.69) is 27.6 Å². The van der Waals surface area contributed by atoms with Crippen molar-refractivity contribution in [1.82, 2.24) is 10.1 Å². The third-order valence-corrected chi connectivity index (χ3v) is 5.00. The number of aromatic nitrogens is 2. The second kappa shape index (κ2) is 7.50. The summed E-state index contributed by atoms with van der Waals surface area (Å²) in [7, 11) is 0. The molecule has 3 rings (SSSR count). The minimum atomic E-state index is 0.443.